The second-order valence-corrected chi connectivity index (χ2v) is 4.21. The molecule has 1 heterocycles. The van der Waals surface area contributed by atoms with E-state index in [4.69, 9.17) is 0 Å². The minimum Gasteiger partial charge on any atom is -0.322 e. The summed E-state index contributed by atoms with van der Waals surface area (Å²) in [6, 6.07) is 5.93. The first-order valence-corrected chi connectivity index (χ1v) is 5.73. The Labute approximate surface area is 110 Å². The molecular weight excluding hydrogens is 306 g/mol. The van der Waals surface area contributed by atoms with Crippen molar-refractivity contribution in [3.63, 3.8) is 0 Å². The molecule has 0 spiro atoms. The summed E-state index contributed by atoms with van der Waals surface area (Å²) >= 11 is 3.12. The number of pyridine rings is 1. The number of anilines is 1. The van der Waals surface area contributed by atoms with Gasteiger partial charge in [0.2, 0.25) is 0 Å². The molecule has 6 heteroatoms. The average molecular weight is 313 g/mol. The van der Waals surface area contributed by atoms with E-state index in [1.807, 2.05) is 0 Å². The molecule has 0 aliphatic rings. The van der Waals surface area contributed by atoms with E-state index in [9.17, 15) is 13.6 Å². The number of aromatic nitrogens is 1. The normalized spacial score (nSPS) is 10.2. The molecule has 18 heavy (non-hydrogen) atoms. The van der Waals surface area contributed by atoms with Crippen LogP contribution in [-0.4, -0.2) is 10.9 Å². The molecule has 2 rings (SSSR count). The predicted octanol–water partition coefficient (Wildman–Crippen LogP) is 3.37. The summed E-state index contributed by atoms with van der Waals surface area (Å²) in [5, 5.41) is 2.39. The lowest BCUT2D eigenvalue weighted by molar-refractivity contribution is 0.102. The van der Waals surface area contributed by atoms with Crippen molar-refractivity contribution in [3.8, 4) is 0 Å². The quantitative estimate of drug-likeness (QED) is 0.864. The summed E-state index contributed by atoms with van der Waals surface area (Å²) in [6.07, 6.45) is 1.52. The molecule has 92 valence electrons. The first-order valence-electron chi connectivity index (χ1n) is 4.94. The molecule has 1 amide bonds. The molecule has 1 aromatic heterocycles. The van der Waals surface area contributed by atoms with E-state index in [2.05, 4.69) is 26.2 Å². The zero-order valence-electron chi connectivity index (χ0n) is 8.95. The summed E-state index contributed by atoms with van der Waals surface area (Å²) in [7, 11) is 0. The Bertz CT molecular complexity index is 584. The number of nitrogens with one attached hydrogen (secondary N) is 1. The smallest absolute Gasteiger partial charge is 0.258 e. The van der Waals surface area contributed by atoms with E-state index in [0.29, 0.717) is 4.60 Å². The zero-order chi connectivity index (χ0) is 13.1. The largest absolute Gasteiger partial charge is 0.322 e. The first kappa shape index (κ1) is 12.6. The molecule has 2 aromatic rings. The highest BCUT2D eigenvalue weighted by molar-refractivity contribution is 9.10. The summed E-state index contributed by atoms with van der Waals surface area (Å²) in [5.41, 5.74) is 0.329. The Morgan fingerprint density at radius 2 is 1.89 bits per heavy atom. The van der Waals surface area contributed by atoms with Crippen LogP contribution in [0.5, 0.6) is 0 Å². The van der Waals surface area contributed by atoms with Crippen LogP contribution in [0.3, 0.4) is 0 Å². The number of amides is 1. The van der Waals surface area contributed by atoms with E-state index in [1.165, 1.54) is 6.20 Å². The Kier molecular flexibility index (Phi) is 3.66. The van der Waals surface area contributed by atoms with Crippen molar-refractivity contribution in [3.05, 3.63) is 58.3 Å². The lowest BCUT2D eigenvalue weighted by Crippen LogP contribution is -2.13. The Hall–Kier alpha value is -1.82. The van der Waals surface area contributed by atoms with Crippen molar-refractivity contribution in [1.29, 1.82) is 0 Å². The topological polar surface area (TPSA) is 42.0 Å². The van der Waals surface area contributed by atoms with Crippen LogP contribution in [0.25, 0.3) is 0 Å². The number of hydrogen-bond donors (Lipinski definition) is 1. The molecule has 0 bridgehead atoms. The minimum atomic E-state index is -0.754. The maximum atomic E-state index is 12.9. The van der Waals surface area contributed by atoms with Crippen LogP contribution in [0.2, 0.25) is 0 Å². The van der Waals surface area contributed by atoms with Gasteiger partial charge in [-0.05, 0) is 40.2 Å². The van der Waals surface area contributed by atoms with Gasteiger partial charge in [0.05, 0.1) is 5.56 Å². The van der Waals surface area contributed by atoms with Crippen molar-refractivity contribution < 1.29 is 13.6 Å². The zero-order valence-corrected chi connectivity index (χ0v) is 10.5. The molecule has 0 aliphatic carbocycles. The van der Waals surface area contributed by atoms with Gasteiger partial charge in [-0.15, -0.1) is 0 Å². The number of nitrogens with zero attached hydrogens (tertiary/aromatic N) is 1. The number of halogens is 3. The number of rotatable bonds is 2. The summed E-state index contributed by atoms with van der Waals surface area (Å²) in [5.74, 6) is -2.01. The van der Waals surface area contributed by atoms with Crippen LogP contribution >= 0.6 is 15.9 Å². The molecule has 0 saturated heterocycles. The van der Waals surface area contributed by atoms with Crippen molar-refractivity contribution >= 4 is 27.5 Å². The van der Waals surface area contributed by atoms with Gasteiger partial charge in [0.1, 0.15) is 16.2 Å². The van der Waals surface area contributed by atoms with Gasteiger partial charge in [-0.1, -0.05) is 0 Å². The fourth-order valence-corrected chi connectivity index (χ4v) is 1.81. The monoisotopic (exact) mass is 312 g/mol. The van der Waals surface area contributed by atoms with E-state index in [-0.39, 0.29) is 11.3 Å². The predicted molar refractivity (Wildman–Crippen MR) is 66.2 cm³/mol. The Morgan fingerprint density at radius 3 is 2.50 bits per heavy atom. The molecule has 0 saturated carbocycles. The van der Waals surface area contributed by atoms with E-state index < -0.39 is 17.5 Å². The number of benzene rings is 1. The molecule has 0 unspecified atom stereocenters. The molecule has 1 N–H and O–H groups in total. The summed E-state index contributed by atoms with van der Waals surface area (Å²) in [4.78, 5) is 15.7. The molecular formula is C12H7BrF2N2O. The molecule has 0 fully saturated rings. The number of carbonyl (C=O) groups is 1. The molecule has 0 aliphatic heterocycles. The van der Waals surface area contributed by atoms with Gasteiger partial charge < -0.3 is 5.32 Å². The first-order chi connectivity index (χ1) is 8.56. The van der Waals surface area contributed by atoms with Crippen molar-refractivity contribution in [2.45, 2.75) is 0 Å². The van der Waals surface area contributed by atoms with Gasteiger partial charge in [0.25, 0.3) is 5.91 Å². The highest BCUT2D eigenvalue weighted by Crippen LogP contribution is 2.17. The van der Waals surface area contributed by atoms with Gasteiger partial charge in [0.15, 0.2) is 0 Å². The highest BCUT2D eigenvalue weighted by Gasteiger charge is 2.11. The van der Waals surface area contributed by atoms with Crippen LogP contribution in [-0.2, 0) is 0 Å². The van der Waals surface area contributed by atoms with Crippen LogP contribution < -0.4 is 5.32 Å². The van der Waals surface area contributed by atoms with E-state index in [0.717, 1.165) is 18.2 Å². The standard InChI is InChI=1S/C12H7BrF2N2O/c13-11-10(2-1-3-16-11)12(18)17-9-5-7(14)4-8(15)6-9/h1-6H,(H,17,18). The molecule has 3 nitrogen and oxygen atoms in total. The fourth-order valence-electron chi connectivity index (χ4n) is 1.38. The summed E-state index contributed by atoms with van der Waals surface area (Å²) in [6.45, 7) is 0. The third-order valence-electron chi connectivity index (χ3n) is 2.12. The highest BCUT2D eigenvalue weighted by atomic mass is 79.9. The van der Waals surface area contributed by atoms with E-state index >= 15 is 0 Å². The summed E-state index contributed by atoms with van der Waals surface area (Å²) < 4.78 is 26.3. The third-order valence-corrected chi connectivity index (χ3v) is 2.76. The van der Waals surface area contributed by atoms with Crippen molar-refractivity contribution in [2.24, 2.45) is 0 Å². The van der Waals surface area contributed by atoms with Gasteiger partial charge >= 0.3 is 0 Å². The van der Waals surface area contributed by atoms with Crippen molar-refractivity contribution in [2.75, 3.05) is 5.32 Å². The second kappa shape index (κ2) is 5.22. The van der Waals surface area contributed by atoms with E-state index in [1.54, 1.807) is 12.1 Å². The lowest BCUT2D eigenvalue weighted by atomic mass is 10.2. The minimum absolute atomic E-state index is 0.0493. The van der Waals surface area contributed by atoms with Crippen LogP contribution in [0.15, 0.2) is 41.1 Å². The third kappa shape index (κ3) is 2.89. The van der Waals surface area contributed by atoms with Crippen LogP contribution in [0.1, 0.15) is 10.4 Å². The fraction of sp³-hybridized carbons (Fsp3) is 0. The Balaban J connectivity index is 2.24. The van der Waals surface area contributed by atoms with Gasteiger partial charge in [-0.3, -0.25) is 4.79 Å². The molecule has 1 aromatic carbocycles. The second-order valence-electron chi connectivity index (χ2n) is 3.45. The van der Waals surface area contributed by atoms with Crippen LogP contribution in [0, 0.1) is 11.6 Å². The SMILES string of the molecule is O=C(Nc1cc(F)cc(F)c1)c1cccnc1Br. The molecule has 0 radical (unpaired) electrons. The average Bonchev–Trinajstić information content (AvgIpc) is 2.27. The maximum absolute atomic E-state index is 12.9. The van der Waals surface area contributed by atoms with Gasteiger partial charge in [-0.2, -0.15) is 0 Å². The Morgan fingerprint density at radius 1 is 1.22 bits per heavy atom. The number of hydrogen-bond acceptors (Lipinski definition) is 2. The lowest BCUT2D eigenvalue weighted by Gasteiger charge is -2.06. The van der Waals surface area contributed by atoms with Gasteiger partial charge in [-0.25, -0.2) is 13.8 Å². The number of carbonyl (C=O) groups excluding carboxylic acids is 1. The van der Waals surface area contributed by atoms with Crippen molar-refractivity contribution in [1.82, 2.24) is 4.98 Å². The van der Waals surface area contributed by atoms with Crippen LogP contribution in [0.4, 0.5) is 14.5 Å². The molecule has 0 atom stereocenters. The maximum Gasteiger partial charge on any atom is 0.258 e. The van der Waals surface area contributed by atoms with Gasteiger partial charge in [0, 0.05) is 18.0 Å².